The molecule has 2 aliphatic carbocycles. The molecule has 0 aromatic carbocycles. The highest BCUT2D eigenvalue weighted by Gasteiger charge is 2.28. The van der Waals surface area contributed by atoms with Gasteiger partial charge in [0.05, 0.1) is 0 Å². The Morgan fingerprint density at radius 3 is 1.50 bits per heavy atom. The maximum absolute atomic E-state index is 2.60. The molecule has 0 heteroatoms. The van der Waals surface area contributed by atoms with Crippen LogP contribution < -0.4 is 0 Å². The van der Waals surface area contributed by atoms with Crippen LogP contribution >= 0.6 is 0 Å². The highest BCUT2D eigenvalue weighted by atomic mass is 14.3. The van der Waals surface area contributed by atoms with Gasteiger partial charge in [-0.25, -0.2) is 0 Å². The SMILES string of the molecule is CCC(CC(C)C(C)C1CCCCCCC1)C1CCCCCCC1. The zero-order valence-corrected chi connectivity index (χ0v) is 17.2. The Morgan fingerprint density at radius 2 is 1.04 bits per heavy atom. The molecule has 0 amide bonds. The molecule has 3 unspecified atom stereocenters. The van der Waals surface area contributed by atoms with Gasteiger partial charge < -0.3 is 0 Å². The van der Waals surface area contributed by atoms with Crippen LogP contribution in [-0.2, 0) is 0 Å². The molecule has 0 radical (unpaired) electrons. The lowest BCUT2D eigenvalue weighted by atomic mass is 9.71. The van der Waals surface area contributed by atoms with Crippen LogP contribution in [0.25, 0.3) is 0 Å². The minimum Gasteiger partial charge on any atom is -0.0651 e. The second kappa shape index (κ2) is 11.6. The van der Waals surface area contributed by atoms with Crippen molar-refractivity contribution in [1.29, 1.82) is 0 Å². The molecule has 0 aliphatic heterocycles. The molecule has 2 saturated carbocycles. The fourth-order valence-electron chi connectivity index (χ4n) is 5.82. The third kappa shape index (κ3) is 6.72. The maximum Gasteiger partial charge on any atom is -0.0386 e. The molecule has 2 rings (SSSR count). The van der Waals surface area contributed by atoms with Crippen LogP contribution in [0.5, 0.6) is 0 Å². The predicted molar refractivity (Wildman–Crippen MR) is 108 cm³/mol. The Hall–Kier alpha value is 0. The number of hydrogen-bond donors (Lipinski definition) is 0. The summed E-state index contributed by atoms with van der Waals surface area (Å²) < 4.78 is 0. The normalized spacial score (nSPS) is 26.6. The molecule has 0 saturated heterocycles. The second-order valence-electron chi connectivity index (χ2n) is 9.45. The summed E-state index contributed by atoms with van der Waals surface area (Å²) in [5.74, 6) is 4.96. The van der Waals surface area contributed by atoms with Crippen molar-refractivity contribution in [2.45, 2.75) is 124 Å². The van der Waals surface area contributed by atoms with E-state index in [0.29, 0.717) is 0 Å². The van der Waals surface area contributed by atoms with Crippen molar-refractivity contribution in [2.75, 3.05) is 0 Å². The van der Waals surface area contributed by atoms with E-state index in [2.05, 4.69) is 20.8 Å². The van der Waals surface area contributed by atoms with Gasteiger partial charge in [-0.1, -0.05) is 117 Å². The van der Waals surface area contributed by atoms with Crippen LogP contribution in [0.15, 0.2) is 0 Å². The maximum atomic E-state index is 2.60. The average molecular weight is 335 g/mol. The van der Waals surface area contributed by atoms with Crippen molar-refractivity contribution in [2.24, 2.45) is 29.6 Å². The Labute approximate surface area is 153 Å². The summed E-state index contributed by atoms with van der Waals surface area (Å²) in [6.07, 6.45) is 24.0. The highest BCUT2D eigenvalue weighted by Crippen LogP contribution is 2.39. The third-order valence-corrected chi connectivity index (χ3v) is 7.81. The smallest absolute Gasteiger partial charge is 0.0386 e. The molecule has 0 aromatic heterocycles. The molecular formula is C24H46. The summed E-state index contributed by atoms with van der Waals surface area (Å²) in [6, 6.07) is 0. The van der Waals surface area contributed by atoms with E-state index in [1.54, 1.807) is 0 Å². The van der Waals surface area contributed by atoms with E-state index < -0.39 is 0 Å². The van der Waals surface area contributed by atoms with Crippen molar-refractivity contribution in [3.05, 3.63) is 0 Å². The van der Waals surface area contributed by atoms with Crippen LogP contribution in [-0.4, -0.2) is 0 Å². The van der Waals surface area contributed by atoms with E-state index in [1.807, 2.05) is 0 Å². The highest BCUT2D eigenvalue weighted by molar-refractivity contribution is 4.79. The quantitative estimate of drug-likeness (QED) is 0.457. The second-order valence-corrected chi connectivity index (χ2v) is 9.45. The molecular weight excluding hydrogens is 288 g/mol. The van der Waals surface area contributed by atoms with Crippen molar-refractivity contribution >= 4 is 0 Å². The van der Waals surface area contributed by atoms with E-state index in [4.69, 9.17) is 0 Å². The van der Waals surface area contributed by atoms with Gasteiger partial charge in [-0.3, -0.25) is 0 Å². The van der Waals surface area contributed by atoms with Crippen LogP contribution in [0.2, 0.25) is 0 Å². The van der Waals surface area contributed by atoms with Gasteiger partial charge >= 0.3 is 0 Å². The van der Waals surface area contributed by atoms with Gasteiger partial charge in [0.15, 0.2) is 0 Å². The van der Waals surface area contributed by atoms with Gasteiger partial charge in [0.25, 0.3) is 0 Å². The fourth-order valence-corrected chi connectivity index (χ4v) is 5.82. The first-order valence-electron chi connectivity index (χ1n) is 11.7. The van der Waals surface area contributed by atoms with Crippen molar-refractivity contribution in [3.63, 3.8) is 0 Å². The van der Waals surface area contributed by atoms with E-state index in [0.717, 1.165) is 29.6 Å². The molecule has 0 N–H and O–H groups in total. The molecule has 24 heavy (non-hydrogen) atoms. The van der Waals surface area contributed by atoms with Crippen LogP contribution in [0.1, 0.15) is 124 Å². The minimum atomic E-state index is 0.935. The van der Waals surface area contributed by atoms with Crippen molar-refractivity contribution < 1.29 is 0 Å². The van der Waals surface area contributed by atoms with Gasteiger partial charge in [0, 0.05) is 0 Å². The van der Waals surface area contributed by atoms with E-state index in [-0.39, 0.29) is 0 Å². The standard InChI is InChI=1S/C24H46/c1-4-22(24-17-13-9-6-10-14-18-24)19-20(2)21(3)23-15-11-7-5-8-12-16-23/h20-24H,4-19H2,1-3H3. The van der Waals surface area contributed by atoms with Crippen LogP contribution in [0, 0.1) is 29.6 Å². The lowest BCUT2D eigenvalue weighted by molar-refractivity contribution is 0.156. The zero-order chi connectivity index (χ0) is 17.2. The lowest BCUT2D eigenvalue weighted by Crippen LogP contribution is -2.25. The molecule has 142 valence electrons. The first kappa shape index (κ1) is 20.3. The van der Waals surface area contributed by atoms with Crippen LogP contribution in [0.3, 0.4) is 0 Å². The molecule has 0 spiro atoms. The molecule has 3 atom stereocenters. The third-order valence-electron chi connectivity index (χ3n) is 7.81. The summed E-state index contributed by atoms with van der Waals surface area (Å²) in [5.41, 5.74) is 0. The molecule has 0 nitrogen and oxygen atoms in total. The minimum absolute atomic E-state index is 0.935. The summed E-state index contributed by atoms with van der Waals surface area (Å²) in [5, 5.41) is 0. The fraction of sp³-hybridized carbons (Fsp3) is 1.00. The first-order valence-corrected chi connectivity index (χ1v) is 11.7. The molecule has 0 heterocycles. The predicted octanol–water partition coefficient (Wildman–Crippen LogP) is 8.40. The van der Waals surface area contributed by atoms with Gasteiger partial charge in [0.2, 0.25) is 0 Å². The number of hydrogen-bond acceptors (Lipinski definition) is 0. The monoisotopic (exact) mass is 334 g/mol. The largest absolute Gasteiger partial charge is 0.0651 e. The Kier molecular flexibility index (Phi) is 9.80. The van der Waals surface area contributed by atoms with Gasteiger partial charge in [-0.15, -0.1) is 0 Å². The van der Waals surface area contributed by atoms with Gasteiger partial charge in [-0.05, 0) is 36.0 Å². The Balaban J connectivity index is 1.85. The summed E-state index contributed by atoms with van der Waals surface area (Å²) in [4.78, 5) is 0. The number of rotatable bonds is 6. The van der Waals surface area contributed by atoms with E-state index >= 15 is 0 Å². The van der Waals surface area contributed by atoms with Gasteiger partial charge in [0.1, 0.15) is 0 Å². The summed E-state index contributed by atoms with van der Waals surface area (Å²) in [6.45, 7) is 7.66. The van der Waals surface area contributed by atoms with Crippen LogP contribution in [0.4, 0.5) is 0 Å². The molecule has 0 aromatic rings. The molecule has 0 bridgehead atoms. The summed E-state index contributed by atoms with van der Waals surface area (Å²) in [7, 11) is 0. The first-order chi connectivity index (χ1) is 11.7. The van der Waals surface area contributed by atoms with Crippen molar-refractivity contribution in [3.8, 4) is 0 Å². The van der Waals surface area contributed by atoms with E-state index in [9.17, 15) is 0 Å². The van der Waals surface area contributed by atoms with Crippen molar-refractivity contribution in [1.82, 2.24) is 0 Å². The average Bonchev–Trinajstić information content (AvgIpc) is 2.52. The summed E-state index contributed by atoms with van der Waals surface area (Å²) >= 11 is 0. The molecule has 2 fully saturated rings. The lowest BCUT2D eigenvalue weighted by Gasteiger charge is -2.35. The topological polar surface area (TPSA) is 0 Å². The zero-order valence-electron chi connectivity index (χ0n) is 17.2. The Bertz CT molecular complexity index is 291. The van der Waals surface area contributed by atoms with E-state index in [1.165, 1.54) is 103 Å². The Morgan fingerprint density at radius 1 is 0.625 bits per heavy atom. The van der Waals surface area contributed by atoms with Gasteiger partial charge in [-0.2, -0.15) is 0 Å². The molecule has 2 aliphatic rings.